The number of nitrogens with zero attached hydrogens (tertiary/aromatic N) is 4. The van der Waals surface area contributed by atoms with Gasteiger partial charge in [0.25, 0.3) is 0 Å². The van der Waals surface area contributed by atoms with E-state index in [4.69, 9.17) is 17.5 Å². The van der Waals surface area contributed by atoms with Crippen molar-refractivity contribution in [3.8, 4) is 6.07 Å². The van der Waals surface area contributed by atoms with Crippen LogP contribution in [0.4, 0.5) is 11.5 Å². The number of hydrogen-bond acceptors (Lipinski definition) is 5. The van der Waals surface area contributed by atoms with Gasteiger partial charge in [0.1, 0.15) is 0 Å². The molecule has 8 heteroatoms. The molecule has 2 heterocycles. The van der Waals surface area contributed by atoms with Crippen molar-refractivity contribution in [2.45, 2.75) is 18.9 Å². The SMILES string of the molecule is N#Cc1ccc(NC(=S)NC2CCN(c3nncc4cc(Br)ccc34)CC2)cc1. The van der Waals surface area contributed by atoms with Gasteiger partial charge in [0.2, 0.25) is 0 Å². The Morgan fingerprint density at radius 1 is 1.17 bits per heavy atom. The normalized spacial score (nSPS) is 14.4. The van der Waals surface area contributed by atoms with Gasteiger partial charge in [-0.15, -0.1) is 5.10 Å². The second-order valence-electron chi connectivity index (χ2n) is 6.95. The first-order chi connectivity index (χ1) is 14.1. The summed E-state index contributed by atoms with van der Waals surface area (Å²) in [6.07, 6.45) is 3.72. The van der Waals surface area contributed by atoms with Crippen molar-refractivity contribution >= 4 is 55.5 Å². The summed E-state index contributed by atoms with van der Waals surface area (Å²) in [6.45, 7) is 1.78. The van der Waals surface area contributed by atoms with Crippen molar-refractivity contribution in [1.82, 2.24) is 15.5 Å². The molecule has 0 amide bonds. The molecule has 6 nitrogen and oxygen atoms in total. The number of piperidine rings is 1. The number of thiocarbonyl (C=S) groups is 1. The van der Waals surface area contributed by atoms with Gasteiger partial charge in [-0.25, -0.2) is 0 Å². The maximum atomic E-state index is 8.88. The molecule has 0 spiro atoms. The molecule has 4 rings (SSSR count). The quantitative estimate of drug-likeness (QED) is 0.559. The standard InChI is InChI=1S/C21H19BrN6S/c22-16-3-6-19-15(11-16)13-24-27-20(19)28-9-7-18(8-10-28)26-21(29)25-17-4-1-14(12-23)2-5-17/h1-6,11,13,18H,7-10H2,(H2,25,26,29). The van der Waals surface area contributed by atoms with Gasteiger partial charge >= 0.3 is 0 Å². The van der Waals surface area contributed by atoms with E-state index in [9.17, 15) is 0 Å². The molecular formula is C21H19BrN6S. The van der Waals surface area contributed by atoms with Crippen molar-refractivity contribution in [2.75, 3.05) is 23.3 Å². The van der Waals surface area contributed by atoms with Crippen LogP contribution in [0.25, 0.3) is 10.8 Å². The number of anilines is 2. The zero-order chi connectivity index (χ0) is 20.2. The zero-order valence-corrected chi connectivity index (χ0v) is 18.0. The number of hydrogen-bond donors (Lipinski definition) is 2. The highest BCUT2D eigenvalue weighted by Crippen LogP contribution is 2.28. The van der Waals surface area contributed by atoms with Crippen LogP contribution < -0.4 is 15.5 Å². The van der Waals surface area contributed by atoms with E-state index in [-0.39, 0.29) is 0 Å². The molecular weight excluding hydrogens is 448 g/mol. The van der Waals surface area contributed by atoms with Crippen LogP contribution in [0.15, 0.2) is 53.1 Å². The van der Waals surface area contributed by atoms with Gasteiger partial charge in [-0.1, -0.05) is 15.9 Å². The molecule has 0 saturated carbocycles. The molecule has 2 N–H and O–H groups in total. The molecule has 0 aliphatic carbocycles. The maximum absolute atomic E-state index is 8.88. The van der Waals surface area contributed by atoms with Crippen molar-refractivity contribution in [1.29, 1.82) is 5.26 Å². The Morgan fingerprint density at radius 2 is 1.93 bits per heavy atom. The molecule has 0 radical (unpaired) electrons. The van der Waals surface area contributed by atoms with Crippen LogP contribution in [-0.2, 0) is 0 Å². The Balaban J connectivity index is 1.35. The van der Waals surface area contributed by atoms with Gasteiger partial charge in [-0.05, 0) is 67.5 Å². The van der Waals surface area contributed by atoms with E-state index in [1.165, 1.54) is 0 Å². The van der Waals surface area contributed by atoms with E-state index in [2.05, 4.69) is 59.9 Å². The fourth-order valence-electron chi connectivity index (χ4n) is 3.49. The van der Waals surface area contributed by atoms with Crippen LogP contribution in [0.2, 0.25) is 0 Å². The van der Waals surface area contributed by atoms with Crippen molar-refractivity contribution in [2.24, 2.45) is 0 Å². The Hall–Kier alpha value is -2.76. The predicted molar refractivity (Wildman–Crippen MR) is 123 cm³/mol. The van der Waals surface area contributed by atoms with Crippen LogP contribution >= 0.6 is 28.1 Å². The van der Waals surface area contributed by atoms with Gasteiger partial charge in [-0.2, -0.15) is 10.4 Å². The van der Waals surface area contributed by atoms with E-state index >= 15 is 0 Å². The third-order valence-electron chi connectivity index (χ3n) is 5.01. The Kier molecular flexibility index (Phi) is 5.88. The van der Waals surface area contributed by atoms with Crippen LogP contribution in [0.3, 0.4) is 0 Å². The number of benzene rings is 2. The molecule has 146 valence electrons. The molecule has 29 heavy (non-hydrogen) atoms. The molecule has 3 aromatic rings. The van der Waals surface area contributed by atoms with Crippen LogP contribution in [0.5, 0.6) is 0 Å². The lowest BCUT2D eigenvalue weighted by atomic mass is 10.0. The maximum Gasteiger partial charge on any atom is 0.170 e. The third-order valence-corrected chi connectivity index (χ3v) is 5.72. The van der Waals surface area contributed by atoms with Crippen molar-refractivity contribution < 1.29 is 0 Å². The fourth-order valence-corrected chi connectivity index (χ4v) is 4.16. The van der Waals surface area contributed by atoms with Crippen LogP contribution in [0, 0.1) is 11.3 Å². The van der Waals surface area contributed by atoms with Crippen molar-refractivity contribution in [3.63, 3.8) is 0 Å². The highest BCUT2D eigenvalue weighted by Gasteiger charge is 2.22. The van der Waals surface area contributed by atoms with Crippen LogP contribution in [0.1, 0.15) is 18.4 Å². The molecule has 1 aliphatic heterocycles. The summed E-state index contributed by atoms with van der Waals surface area (Å²) in [5.74, 6) is 0.937. The first-order valence-corrected chi connectivity index (χ1v) is 10.6. The highest BCUT2D eigenvalue weighted by atomic mass is 79.9. The Labute approximate surface area is 183 Å². The second-order valence-corrected chi connectivity index (χ2v) is 8.27. The number of nitrogens with one attached hydrogen (secondary N) is 2. The molecule has 1 aromatic heterocycles. The van der Waals surface area contributed by atoms with Crippen LogP contribution in [-0.4, -0.2) is 34.4 Å². The molecule has 0 bridgehead atoms. The number of fused-ring (bicyclic) bond motifs is 1. The molecule has 1 saturated heterocycles. The molecule has 0 unspecified atom stereocenters. The smallest absolute Gasteiger partial charge is 0.170 e. The lowest BCUT2D eigenvalue weighted by Crippen LogP contribution is -2.46. The monoisotopic (exact) mass is 466 g/mol. The Morgan fingerprint density at radius 3 is 2.66 bits per heavy atom. The zero-order valence-electron chi connectivity index (χ0n) is 15.6. The van der Waals surface area contributed by atoms with E-state index in [1.807, 2.05) is 18.2 Å². The lowest BCUT2D eigenvalue weighted by molar-refractivity contribution is 0.466. The van der Waals surface area contributed by atoms with E-state index in [0.29, 0.717) is 16.7 Å². The minimum Gasteiger partial charge on any atom is -0.360 e. The number of nitriles is 1. The van der Waals surface area contributed by atoms with E-state index in [0.717, 1.165) is 52.7 Å². The lowest BCUT2D eigenvalue weighted by Gasteiger charge is -2.34. The third kappa shape index (κ3) is 4.63. The Bertz CT molecular complexity index is 1070. The minimum atomic E-state index is 0.307. The topological polar surface area (TPSA) is 76.9 Å². The van der Waals surface area contributed by atoms with Crippen molar-refractivity contribution in [3.05, 3.63) is 58.7 Å². The van der Waals surface area contributed by atoms with E-state index in [1.54, 1.807) is 18.3 Å². The first kappa shape index (κ1) is 19.6. The van der Waals surface area contributed by atoms with E-state index < -0.39 is 0 Å². The minimum absolute atomic E-state index is 0.307. The average molecular weight is 467 g/mol. The summed E-state index contributed by atoms with van der Waals surface area (Å²) in [4.78, 5) is 2.29. The summed E-state index contributed by atoms with van der Waals surface area (Å²) in [5.41, 5.74) is 1.50. The van der Waals surface area contributed by atoms with Gasteiger partial charge in [0.15, 0.2) is 10.9 Å². The average Bonchev–Trinajstić information content (AvgIpc) is 2.74. The van der Waals surface area contributed by atoms with Gasteiger partial charge in [0, 0.05) is 40.1 Å². The fraction of sp³-hybridized carbons (Fsp3) is 0.238. The first-order valence-electron chi connectivity index (χ1n) is 9.36. The molecule has 2 aromatic carbocycles. The number of rotatable bonds is 3. The molecule has 0 atom stereocenters. The van der Waals surface area contributed by atoms with Gasteiger partial charge in [0.05, 0.1) is 17.8 Å². The van der Waals surface area contributed by atoms with Gasteiger partial charge < -0.3 is 15.5 Å². The summed E-state index contributed by atoms with van der Waals surface area (Å²) in [7, 11) is 0. The summed E-state index contributed by atoms with van der Waals surface area (Å²) < 4.78 is 1.04. The molecule has 1 fully saturated rings. The summed E-state index contributed by atoms with van der Waals surface area (Å²) >= 11 is 8.96. The second kappa shape index (κ2) is 8.72. The summed E-state index contributed by atoms with van der Waals surface area (Å²) in [5, 5.41) is 26.8. The molecule has 1 aliphatic rings. The number of halogens is 1. The van der Waals surface area contributed by atoms with Gasteiger partial charge in [-0.3, -0.25) is 0 Å². The largest absolute Gasteiger partial charge is 0.360 e. The highest BCUT2D eigenvalue weighted by molar-refractivity contribution is 9.10. The number of aromatic nitrogens is 2. The summed E-state index contributed by atoms with van der Waals surface area (Å²) in [6, 6.07) is 15.9. The predicted octanol–water partition coefficient (Wildman–Crippen LogP) is 4.22.